The van der Waals surface area contributed by atoms with Crippen molar-refractivity contribution in [2.24, 2.45) is 0 Å². The standard InChI is InChI=1S/C13H18F2N2O2/c1-9(10-2-4-11(16)5-3-10)17-13(18)6-7-19-8-12(14)15/h2-5,9,12H,6-8,16H2,1H3,(H,17,18). The zero-order chi connectivity index (χ0) is 14.3. The SMILES string of the molecule is CC(NC(=O)CCOCC(F)F)c1ccc(N)cc1. The normalized spacial score (nSPS) is 12.4. The summed E-state index contributed by atoms with van der Waals surface area (Å²) in [4.78, 5) is 11.5. The zero-order valence-corrected chi connectivity index (χ0v) is 10.7. The smallest absolute Gasteiger partial charge is 0.261 e. The Kier molecular flexibility index (Phi) is 6.21. The molecular formula is C13H18F2N2O2. The van der Waals surface area contributed by atoms with E-state index in [1.165, 1.54) is 0 Å². The zero-order valence-electron chi connectivity index (χ0n) is 10.7. The van der Waals surface area contributed by atoms with Gasteiger partial charge < -0.3 is 15.8 Å². The van der Waals surface area contributed by atoms with Gasteiger partial charge in [0.15, 0.2) is 0 Å². The van der Waals surface area contributed by atoms with Crippen LogP contribution in [0.2, 0.25) is 0 Å². The first kappa shape index (κ1) is 15.4. The van der Waals surface area contributed by atoms with E-state index in [1.54, 1.807) is 12.1 Å². The van der Waals surface area contributed by atoms with Gasteiger partial charge in [0.25, 0.3) is 6.43 Å². The van der Waals surface area contributed by atoms with Crippen molar-refractivity contribution in [1.82, 2.24) is 5.32 Å². The van der Waals surface area contributed by atoms with Crippen LogP contribution >= 0.6 is 0 Å². The minimum absolute atomic E-state index is 0.00929. The molecule has 19 heavy (non-hydrogen) atoms. The minimum Gasteiger partial charge on any atom is -0.399 e. The molecule has 0 aliphatic rings. The lowest BCUT2D eigenvalue weighted by Gasteiger charge is -2.14. The first-order valence-corrected chi connectivity index (χ1v) is 5.99. The number of rotatable bonds is 7. The second kappa shape index (κ2) is 7.68. The van der Waals surface area contributed by atoms with E-state index in [0.29, 0.717) is 5.69 Å². The quantitative estimate of drug-likeness (QED) is 0.590. The molecule has 1 atom stereocenters. The molecule has 0 saturated carbocycles. The number of carbonyl (C=O) groups is 1. The molecule has 0 aliphatic carbocycles. The van der Waals surface area contributed by atoms with Crippen LogP contribution in [0.4, 0.5) is 14.5 Å². The first-order chi connectivity index (χ1) is 8.99. The molecule has 1 amide bonds. The summed E-state index contributed by atoms with van der Waals surface area (Å²) in [6.07, 6.45) is -2.44. The van der Waals surface area contributed by atoms with Crippen molar-refractivity contribution in [3.8, 4) is 0 Å². The maximum absolute atomic E-state index is 11.8. The van der Waals surface area contributed by atoms with Crippen LogP contribution < -0.4 is 11.1 Å². The van der Waals surface area contributed by atoms with E-state index in [2.05, 4.69) is 10.1 Å². The number of hydrogen-bond acceptors (Lipinski definition) is 3. The van der Waals surface area contributed by atoms with Crippen molar-refractivity contribution in [1.29, 1.82) is 0 Å². The molecule has 1 rings (SSSR count). The van der Waals surface area contributed by atoms with E-state index in [9.17, 15) is 13.6 Å². The Balaban J connectivity index is 2.29. The van der Waals surface area contributed by atoms with E-state index in [0.717, 1.165) is 5.56 Å². The molecule has 1 aromatic rings. The van der Waals surface area contributed by atoms with E-state index in [1.807, 2.05) is 19.1 Å². The van der Waals surface area contributed by atoms with Gasteiger partial charge in [0.1, 0.15) is 6.61 Å². The highest BCUT2D eigenvalue weighted by atomic mass is 19.3. The summed E-state index contributed by atoms with van der Waals surface area (Å²) in [5.74, 6) is -0.237. The van der Waals surface area contributed by atoms with Crippen molar-refractivity contribution in [3.63, 3.8) is 0 Å². The number of ether oxygens (including phenoxy) is 1. The molecule has 3 N–H and O–H groups in total. The Morgan fingerprint density at radius 3 is 2.58 bits per heavy atom. The number of alkyl halides is 2. The highest BCUT2D eigenvalue weighted by Crippen LogP contribution is 2.14. The Hall–Kier alpha value is -1.69. The maximum atomic E-state index is 11.8. The highest BCUT2D eigenvalue weighted by Gasteiger charge is 2.10. The van der Waals surface area contributed by atoms with Crippen molar-refractivity contribution in [2.75, 3.05) is 18.9 Å². The summed E-state index contributed by atoms with van der Waals surface area (Å²) in [5, 5.41) is 2.76. The van der Waals surface area contributed by atoms with Gasteiger partial charge in [0.05, 0.1) is 12.6 Å². The third-order valence-corrected chi connectivity index (χ3v) is 2.53. The number of anilines is 1. The second-order valence-electron chi connectivity index (χ2n) is 4.17. The molecule has 0 bridgehead atoms. The molecule has 0 radical (unpaired) electrons. The van der Waals surface area contributed by atoms with E-state index < -0.39 is 13.0 Å². The molecule has 6 heteroatoms. The topological polar surface area (TPSA) is 64.3 Å². The third kappa shape index (κ3) is 6.15. The Morgan fingerprint density at radius 1 is 1.37 bits per heavy atom. The van der Waals surface area contributed by atoms with Gasteiger partial charge in [-0.2, -0.15) is 0 Å². The molecule has 1 aromatic carbocycles. The van der Waals surface area contributed by atoms with Gasteiger partial charge in [-0.15, -0.1) is 0 Å². The van der Waals surface area contributed by atoms with Gasteiger partial charge >= 0.3 is 0 Å². The molecule has 0 saturated heterocycles. The molecule has 0 fully saturated rings. The van der Waals surface area contributed by atoms with Crippen LogP contribution in [0, 0.1) is 0 Å². The van der Waals surface area contributed by atoms with Gasteiger partial charge in [0, 0.05) is 12.1 Å². The molecular weight excluding hydrogens is 254 g/mol. The number of halogens is 2. The maximum Gasteiger partial charge on any atom is 0.261 e. The third-order valence-electron chi connectivity index (χ3n) is 2.53. The fourth-order valence-corrected chi connectivity index (χ4v) is 1.52. The van der Waals surface area contributed by atoms with Crippen molar-refractivity contribution < 1.29 is 18.3 Å². The number of hydrogen-bond donors (Lipinski definition) is 2. The molecule has 0 heterocycles. The number of benzene rings is 1. The van der Waals surface area contributed by atoms with Gasteiger partial charge in [-0.25, -0.2) is 8.78 Å². The monoisotopic (exact) mass is 272 g/mol. The van der Waals surface area contributed by atoms with Crippen LogP contribution in [-0.2, 0) is 9.53 Å². The Bertz CT molecular complexity index is 396. The predicted octanol–water partition coefficient (Wildman–Crippen LogP) is 2.12. The second-order valence-corrected chi connectivity index (χ2v) is 4.17. The van der Waals surface area contributed by atoms with E-state index in [4.69, 9.17) is 5.73 Å². The van der Waals surface area contributed by atoms with Gasteiger partial charge in [0.2, 0.25) is 5.91 Å². The number of carbonyl (C=O) groups excluding carboxylic acids is 1. The fourth-order valence-electron chi connectivity index (χ4n) is 1.52. The largest absolute Gasteiger partial charge is 0.399 e. The minimum atomic E-state index is -2.50. The van der Waals surface area contributed by atoms with Crippen LogP contribution in [0.3, 0.4) is 0 Å². The van der Waals surface area contributed by atoms with Gasteiger partial charge in [-0.05, 0) is 24.6 Å². The molecule has 0 spiro atoms. The average molecular weight is 272 g/mol. The molecule has 0 aromatic heterocycles. The lowest BCUT2D eigenvalue weighted by Crippen LogP contribution is -2.27. The number of nitrogens with two attached hydrogens (primary N) is 1. The molecule has 0 aliphatic heterocycles. The van der Waals surface area contributed by atoms with Gasteiger partial charge in [-0.3, -0.25) is 4.79 Å². The van der Waals surface area contributed by atoms with Crippen molar-refractivity contribution in [2.45, 2.75) is 25.8 Å². The summed E-state index contributed by atoms with van der Waals surface area (Å²) in [6, 6.07) is 7.00. The first-order valence-electron chi connectivity index (χ1n) is 5.99. The van der Waals surface area contributed by atoms with Crippen molar-refractivity contribution >= 4 is 11.6 Å². The van der Waals surface area contributed by atoms with E-state index in [-0.39, 0.29) is 25.0 Å². The Labute approximate surface area is 110 Å². The van der Waals surface area contributed by atoms with Crippen LogP contribution in [0.15, 0.2) is 24.3 Å². The van der Waals surface area contributed by atoms with Gasteiger partial charge in [-0.1, -0.05) is 12.1 Å². The number of nitrogen functional groups attached to an aromatic ring is 1. The molecule has 4 nitrogen and oxygen atoms in total. The summed E-state index contributed by atoms with van der Waals surface area (Å²) >= 11 is 0. The fraction of sp³-hybridized carbons (Fsp3) is 0.462. The Morgan fingerprint density at radius 2 is 2.00 bits per heavy atom. The lowest BCUT2D eigenvalue weighted by atomic mass is 10.1. The number of nitrogens with one attached hydrogen (secondary N) is 1. The highest BCUT2D eigenvalue weighted by molar-refractivity contribution is 5.76. The van der Waals surface area contributed by atoms with Crippen LogP contribution in [-0.4, -0.2) is 25.5 Å². The van der Waals surface area contributed by atoms with Crippen molar-refractivity contribution in [3.05, 3.63) is 29.8 Å². The summed E-state index contributed by atoms with van der Waals surface area (Å²) < 4.78 is 28.2. The van der Waals surface area contributed by atoms with Crippen LogP contribution in [0.25, 0.3) is 0 Å². The molecule has 106 valence electrons. The predicted molar refractivity (Wildman–Crippen MR) is 68.9 cm³/mol. The lowest BCUT2D eigenvalue weighted by molar-refractivity contribution is -0.123. The average Bonchev–Trinajstić information content (AvgIpc) is 2.35. The van der Waals surface area contributed by atoms with Crippen LogP contribution in [0.1, 0.15) is 24.9 Å². The molecule has 1 unspecified atom stereocenters. The summed E-state index contributed by atoms with van der Waals surface area (Å²) in [6.45, 7) is 1.19. The summed E-state index contributed by atoms with van der Waals surface area (Å²) in [5.41, 5.74) is 7.15. The van der Waals surface area contributed by atoms with E-state index >= 15 is 0 Å². The number of amides is 1. The summed E-state index contributed by atoms with van der Waals surface area (Å²) in [7, 11) is 0. The van der Waals surface area contributed by atoms with Crippen LogP contribution in [0.5, 0.6) is 0 Å².